The number of aldehydes is 1. The van der Waals surface area contributed by atoms with Crippen LogP contribution in [0.4, 0.5) is 11.4 Å². The highest BCUT2D eigenvalue weighted by atomic mass is 127. The lowest BCUT2D eigenvalue weighted by Gasteiger charge is -2.16. The fourth-order valence-corrected chi connectivity index (χ4v) is 4.33. The Morgan fingerprint density at radius 2 is 1.62 bits per heavy atom. The lowest BCUT2D eigenvalue weighted by molar-refractivity contribution is -0.107. The van der Waals surface area contributed by atoms with E-state index < -0.39 is 0 Å². The Bertz CT molecular complexity index is 1340. The number of nitrogens with zero attached hydrogens (tertiary/aromatic N) is 1. The summed E-state index contributed by atoms with van der Waals surface area (Å²) in [6, 6.07) is 29.2. The van der Waals surface area contributed by atoms with Crippen LogP contribution in [0.5, 0.6) is 0 Å². The standard InChI is InChI=1S/C28H24IN3O2/c29-32(28(34)23-14-13-21-6-1-2-7-22(21)18-23)24-15-11-20(12-16-24)19-31-27-10-4-3-8-25(27)26(30)9-5-17-33/h1-4,6-8,10-18,30-31H,5,9,19H2. The molecule has 34 heavy (non-hydrogen) atoms. The highest BCUT2D eigenvalue weighted by molar-refractivity contribution is 14.1. The summed E-state index contributed by atoms with van der Waals surface area (Å²) in [5.74, 6) is -0.0695. The van der Waals surface area contributed by atoms with Crippen molar-refractivity contribution in [1.82, 2.24) is 0 Å². The van der Waals surface area contributed by atoms with Gasteiger partial charge in [-0.2, -0.15) is 0 Å². The first kappa shape index (κ1) is 23.6. The Balaban J connectivity index is 1.42. The number of para-hydroxylation sites is 1. The topological polar surface area (TPSA) is 73.3 Å². The van der Waals surface area contributed by atoms with E-state index in [4.69, 9.17) is 5.41 Å². The van der Waals surface area contributed by atoms with Gasteiger partial charge in [0.05, 0.1) is 28.6 Å². The molecule has 4 aromatic carbocycles. The Morgan fingerprint density at radius 1 is 0.912 bits per heavy atom. The molecule has 5 nitrogen and oxygen atoms in total. The predicted molar refractivity (Wildman–Crippen MR) is 147 cm³/mol. The number of hydrogen-bond acceptors (Lipinski definition) is 4. The van der Waals surface area contributed by atoms with Crippen LogP contribution in [-0.2, 0) is 11.3 Å². The molecule has 0 radical (unpaired) electrons. The number of hydrogen-bond donors (Lipinski definition) is 2. The van der Waals surface area contributed by atoms with Crippen LogP contribution in [0.1, 0.15) is 34.3 Å². The Morgan fingerprint density at radius 3 is 2.38 bits per heavy atom. The molecule has 4 rings (SSSR count). The number of halogens is 1. The van der Waals surface area contributed by atoms with Crippen LogP contribution in [0.2, 0.25) is 0 Å². The number of amides is 1. The third kappa shape index (κ3) is 5.51. The third-order valence-electron chi connectivity index (χ3n) is 5.59. The molecule has 4 aromatic rings. The minimum Gasteiger partial charge on any atom is -0.380 e. The van der Waals surface area contributed by atoms with Crippen LogP contribution in [0, 0.1) is 5.41 Å². The molecule has 0 saturated heterocycles. The van der Waals surface area contributed by atoms with Crippen molar-refractivity contribution in [3.8, 4) is 0 Å². The van der Waals surface area contributed by atoms with Crippen molar-refractivity contribution in [3.63, 3.8) is 0 Å². The minimum absolute atomic E-state index is 0.0695. The Labute approximate surface area is 212 Å². The number of carbonyl (C=O) groups is 2. The quantitative estimate of drug-likeness (QED) is 0.102. The summed E-state index contributed by atoms with van der Waals surface area (Å²) < 4.78 is 1.63. The molecule has 0 fully saturated rings. The maximum atomic E-state index is 13.0. The van der Waals surface area contributed by atoms with Crippen LogP contribution < -0.4 is 8.43 Å². The van der Waals surface area contributed by atoms with E-state index in [2.05, 4.69) is 5.32 Å². The summed E-state index contributed by atoms with van der Waals surface area (Å²) >= 11 is 2.05. The zero-order valence-electron chi connectivity index (χ0n) is 18.5. The van der Waals surface area contributed by atoms with Gasteiger partial charge in [-0.25, -0.2) is 3.11 Å². The van der Waals surface area contributed by atoms with Crippen LogP contribution in [0.15, 0.2) is 91.0 Å². The van der Waals surface area contributed by atoms with Crippen molar-refractivity contribution >= 4 is 62.9 Å². The van der Waals surface area contributed by atoms with E-state index in [0.717, 1.165) is 39.6 Å². The lowest BCUT2D eigenvalue weighted by atomic mass is 10.0. The van der Waals surface area contributed by atoms with Gasteiger partial charge in [0.1, 0.15) is 6.29 Å². The van der Waals surface area contributed by atoms with Crippen molar-refractivity contribution in [2.45, 2.75) is 19.4 Å². The highest BCUT2D eigenvalue weighted by Crippen LogP contribution is 2.25. The molecular formula is C28H24IN3O2. The summed E-state index contributed by atoms with van der Waals surface area (Å²) in [6.07, 6.45) is 1.61. The van der Waals surface area contributed by atoms with E-state index in [-0.39, 0.29) is 5.91 Å². The molecule has 0 aliphatic carbocycles. The van der Waals surface area contributed by atoms with E-state index in [9.17, 15) is 9.59 Å². The summed E-state index contributed by atoms with van der Waals surface area (Å²) in [6.45, 7) is 0.581. The molecule has 2 N–H and O–H groups in total. The van der Waals surface area contributed by atoms with Gasteiger partial charge in [0.25, 0.3) is 5.91 Å². The maximum absolute atomic E-state index is 13.0. The van der Waals surface area contributed by atoms with Gasteiger partial charge in [0, 0.05) is 35.5 Å². The van der Waals surface area contributed by atoms with Crippen LogP contribution >= 0.6 is 22.9 Å². The molecule has 0 spiro atoms. The zero-order valence-corrected chi connectivity index (χ0v) is 20.7. The number of benzene rings is 4. The number of carbonyl (C=O) groups excluding carboxylic acids is 2. The number of anilines is 2. The fraction of sp³-hybridized carbons (Fsp3) is 0.107. The summed E-state index contributed by atoms with van der Waals surface area (Å²) in [4.78, 5) is 23.7. The molecule has 6 heteroatoms. The molecule has 170 valence electrons. The van der Waals surface area contributed by atoms with Gasteiger partial charge >= 0.3 is 0 Å². The monoisotopic (exact) mass is 561 g/mol. The van der Waals surface area contributed by atoms with Crippen LogP contribution in [0.25, 0.3) is 10.8 Å². The van der Waals surface area contributed by atoms with Crippen LogP contribution in [-0.4, -0.2) is 17.9 Å². The molecule has 0 aromatic heterocycles. The second-order valence-corrected chi connectivity index (χ2v) is 8.86. The van der Waals surface area contributed by atoms with E-state index >= 15 is 0 Å². The maximum Gasteiger partial charge on any atom is 0.267 e. The SMILES string of the molecule is N=C(CCC=O)c1ccccc1NCc1ccc(N(I)C(=O)c2ccc3ccccc3c2)cc1. The second-order valence-electron chi connectivity index (χ2n) is 7.90. The highest BCUT2D eigenvalue weighted by Gasteiger charge is 2.16. The normalized spacial score (nSPS) is 10.6. The van der Waals surface area contributed by atoms with Crippen LogP contribution in [0.3, 0.4) is 0 Å². The Hall–Kier alpha value is -3.52. The van der Waals surface area contributed by atoms with Crippen molar-refractivity contribution < 1.29 is 9.59 Å². The average Bonchev–Trinajstić information content (AvgIpc) is 2.90. The smallest absolute Gasteiger partial charge is 0.267 e. The third-order valence-corrected chi connectivity index (χ3v) is 6.58. The van der Waals surface area contributed by atoms with Gasteiger partial charge in [0.15, 0.2) is 0 Å². The van der Waals surface area contributed by atoms with E-state index in [0.29, 0.717) is 30.7 Å². The van der Waals surface area contributed by atoms with E-state index in [1.54, 1.807) is 3.11 Å². The van der Waals surface area contributed by atoms with Gasteiger partial charge < -0.3 is 15.5 Å². The van der Waals surface area contributed by atoms with Gasteiger partial charge in [-0.15, -0.1) is 0 Å². The average molecular weight is 561 g/mol. The molecular weight excluding hydrogens is 537 g/mol. The lowest BCUT2D eigenvalue weighted by Crippen LogP contribution is -2.19. The summed E-state index contributed by atoms with van der Waals surface area (Å²) in [5, 5.41) is 13.8. The fourth-order valence-electron chi connectivity index (χ4n) is 3.73. The first-order valence-electron chi connectivity index (χ1n) is 11.0. The predicted octanol–water partition coefficient (Wildman–Crippen LogP) is 6.80. The van der Waals surface area contributed by atoms with E-state index in [1.807, 2.05) is 114 Å². The van der Waals surface area contributed by atoms with Crippen molar-refractivity contribution in [2.75, 3.05) is 8.43 Å². The molecule has 0 saturated carbocycles. The van der Waals surface area contributed by atoms with Gasteiger partial charge in [-0.05, 0) is 53.1 Å². The minimum atomic E-state index is -0.0695. The molecule has 0 aliphatic rings. The van der Waals surface area contributed by atoms with Gasteiger partial charge in [-0.3, -0.25) is 4.79 Å². The first-order valence-corrected chi connectivity index (χ1v) is 12.0. The number of nitrogens with one attached hydrogen (secondary N) is 2. The second kappa shape index (κ2) is 11.1. The molecule has 0 aliphatic heterocycles. The first-order chi connectivity index (χ1) is 16.6. The molecule has 0 unspecified atom stereocenters. The largest absolute Gasteiger partial charge is 0.380 e. The van der Waals surface area contributed by atoms with Crippen molar-refractivity contribution in [2.24, 2.45) is 0 Å². The molecule has 1 amide bonds. The number of rotatable bonds is 9. The Kier molecular flexibility index (Phi) is 7.69. The van der Waals surface area contributed by atoms with Crippen molar-refractivity contribution in [1.29, 1.82) is 5.41 Å². The van der Waals surface area contributed by atoms with Crippen molar-refractivity contribution in [3.05, 3.63) is 108 Å². The molecule has 0 bridgehead atoms. The summed E-state index contributed by atoms with van der Waals surface area (Å²) in [7, 11) is 0. The zero-order chi connectivity index (χ0) is 23.9. The summed E-state index contributed by atoms with van der Waals surface area (Å²) in [5.41, 5.74) is 4.62. The molecule has 0 atom stereocenters. The molecule has 0 heterocycles. The van der Waals surface area contributed by atoms with E-state index in [1.165, 1.54) is 0 Å². The van der Waals surface area contributed by atoms with Gasteiger partial charge in [-0.1, -0.05) is 60.7 Å². The number of fused-ring (bicyclic) bond motifs is 1. The van der Waals surface area contributed by atoms with Gasteiger partial charge in [0.2, 0.25) is 0 Å².